The minimum absolute atomic E-state index is 0.00227. The van der Waals surface area contributed by atoms with Crippen molar-refractivity contribution in [3.8, 4) is 0 Å². The molecule has 1 amide bonds. The Morgan fingerprint density at radius 3 is 2.38 bits per heavy atom. The van der Waals surface area contributed by atoms with Crippen LogP contribution in [0.4, 0.5) is 5.69 Å². The molecular weight excluding hydrogens is 230 g/mol. The Balaban J connectivity index is 2.61. The topological polar surface area (TPSA) is 66.4 Å². The molecule has 0 saturated heterocycles. The third kappa shape index (κ3) is 3.74. The average molecular weight is 240 g/mol. The van der Waals surface area contributed by atoms with E-state index >= 15 is 0 Å². The fraction of sp³-hybridized carbons (Fsp3) is 0.0909. The molecule has 4 nitrogen and oxygen atoms in total. The predicted octanol–water partition coefficient (Wildman–Crippen LogP) is 2.31. The van der Waals surface area contributed by atoms with Gasteiger partial charge < -0.3 is 10.4 Å². The summed E-state index contributed by atoms with van der Waals surface area (Å²) in [4.78, 5) is 21.8. The Labute approximate surface area is 97.5 Å². The molecule has 2 N–H and O–H groups in total. The number of halogens is 1. The van der Waals surface area contributed by atoms with E-state index in [0.29, 0.717) is 10.7 Å². The molecule has 5 heteroatoms. The molecule has 0 atom stereocenters. The minimum atomic E-state index is -1.09. The van der Waals surface area contributed by atoms with Crippen LogP contribution in [0.3, 0.4) is 0 Å². The summed E-state index contributed by atoms with van der Waals surface area (Å²) in [7, 11) is 0. The van der Waals surface area contributed by atoms with Crippen molar-refractivity contribution in [1.29, 1.82) is 0 Å². The number of aliphatic carboxylic acids is 1. The molecule has 0 radical (unpaired) electrons. The summed E-state index contributed by atoms with van der Waals surface area (Å²) in [5, 5.41) is 11.5. The quantitative estimate of drug-likeness (QED) is 0.793. The number of carbonyl (C=O) groups excluding carboxylic acids is 1. The van der Waals surface area contributed by atoms with Crippen LogP contribution in [0.1, 0.15) is 6.42 Å². The predicted molar refractivity (Wildman–Crippen MR) is 61.5 cm³/mol. The number of carboxylic acid groups (broad SMARTS) is 1. The highest BCUT2D eigenvalue weighted by atomic mass is 35.5. The largest absolute Gasteiger partial charge is 0.481 e. The SMILES string of the molecule is C=C(CC(=O)O)C(=O)Nc1ccc(Cl)cc1. The van der Waals surface area contributed by atoms with E-state index in [9.17, 15) is 9.59 Å². The number of rotatable bonds is 4. The molecule has 84 valence electrons. The molecule has 16 heavy (non-hydrogen) atoms. The first-order chi connectivity index (χ1) is 7.49. The maximum atomic E-state index is 11.4. The molecule has 1 rings (SSSR count). The monoisotopic (exact) mass is 239 g/mol. The van der Waals surface area contributed by atoms with E-state index < -0.39 is 11.9 Å². The van der Waals surface area contributed by atoms with Gasteiger partial charge in [-0.05, 0) is 24.3 Å². The summed E-state index contributed by atoms with van der Waals surface area (Å²) in [6.45, 7) is 3.39. The average Bonchev–Trinajstić information content (AvgIpc) is 2.20. The second-order valence-corrected chi connectivity index (χ2v) is 3.57. The molecule has 0 unspecified atom stereocenters. The molecule has 0 fully saturated rings. The summed E-state index contributed by atoms with van der Waals surface area (Å²) < 4.78 is 0. The zero-order chi connectivity index (χ0) is 12.1. The van der Waals surface area contributed by atoms with Crippen LogP contribution in [0.5, 0.6) is 0 Å². The molecule has 0 aliphatic carbocycles. The van der Waals surface area contributed by atoms with Gasteiger partial charge in [-0.25, -0.2) is 0 Å². The van der Waals surface area contributed by atoms with E-state index in [1.165, 1.54) is 0 Å². The second-order valence-electron chi connectivity index (χ2n) is 3.14. The Morgan fingerprint density at radius 2 is 1.88 bits per heavy atom. The first-order valence-electron chi connectivity index (χ1n) is 4.45. The number of anilines is 1. The molecule has 0 saturated carbocycles. The summed E-state index contributed by atoms with van der Waals surface area (Å²) in [5.41, 5.74) is 0.545. The van der Waals surface area contributed by atoms with Crippen molar-refractivity contribution in [2.45, 2.75) is 6.42 Å². The van der Waals surface area contributed by atoms with Gasteiger partial charge in [-0.3, -0.25) is 9.59 Å². The number of carboxylic acids is 1. The maximum absolute atomic E-state index is 11.4. The van der Waals surface area contributed by atoms with E-state index in [-0.39, 0.29) is 12.0 Å². The van der Waals surface area contributed by atoms with Gasteiger partial charge in [0.25, 0.3) is 5.91 Å². The normalized spacial score (nSPS) is 9.56. The number of carbonyl (C=O) groups is 2. The zero-order valence-corrected chi connectivity index (χ0v) is 9.12. The Hall–Kier alpha value is -1.81. The summed E-state index contributed by atoms with van der Waals surface area (Å²) in [6, 6.07) is 6.48. The lowest BCUT2D eigenvalue weighted by atomic mass is 10.2. The lowest BCUT2D eigenvalue weighted by Crippen LogP contribution is -2.15. The van der Waals surface area contributed by atoms with Crippen LogP contribution >= 0.6 is 11.6 Å². The van der Waals surface area contributed by atoms with Crippen LogP contribution in [-0.2, 0) is 9.59 Å². The maximum Gasteiger partial charge on any atom is 0.308 e. The Morgan fingerprint density at radius 1 is 1.31 bits per heavy atom. The molecule has 0 aliphatic rings. The van der Waals surface area contributed by atoms with Gasteiger partial charge in [0.1, 0.15) is 0 Å². The van der Waals surface area contributed by atoms with Gasteiger partial charge in [0.2, 0.25) is 0 Å². The smallest absolute Gasteiger partial charge is 0.308 e. The third-order valence-corrected chi connectivity index (χ3v) is 2.04. The number of amides is 1. The molecular formula is C11H10ClNO3. The van der Waals surface area contributed by atoms with E-state index in [4.69, 9.17) is 16.7 Å². The van der Waals surface area contributed by atoms with Crippen molar-refractivity contribution in [3.05, 3.63) is 41.4 Å². The van der Waals surface area contributed by atoms with Gasteiger partial charge in [-0.15, -0.1) is 0 Å². The highest BCUT2D eigenvalue weighted by molar-refractivity contribution is 6.30. The van der Waals surface area contributed by atoms with Crippen LogP contribution in [-0.4, -0.2) is 17.0 Å². The van der Waals surface area contributed by atoms with Crippen LogP contribution in [0.2, 0.25) is 5.02 Å². The molecule has 1 aromatic carbocycles. The summed E-state index contributed by atoms with van der Waals surface area (Å²) in [6.07, 6.45) is -0.376. The molecule has 0 aliphatic heterocycles. The fourth-order valence-electron chi connectivity index (χ4n) is 1.02. The van der Waals surface area contributed by atoms with E-state index in [0.717, 1.165) is 0 Å². The van der Waals surface area contributed by atoms with Crippen molar-refractivity contribution in [3.63, 3.8) is 0 Å². The highest BCUT2D eigenvalue weighted by Gasteiger charge is 2.10. The van der Waals surface area contributed by atoms with Crippen molar-refractivity contribution in [2.24, 2.45) is 0 Å². The molecule has 0 heterocycles. The molecule has 1 aromatic rings. The van der Waals surface area contributed by atoms with Gasteiger partial charge in [-0.2, -0.15) is 0 Å². The van der Waals surface area contributed by atoms with Crippen molar-refractivity contribution >= 4 is 29.2 Å². The lowest BCUT2D eigenvalue weighted by molar-refractivity contribution is -0.136. The third-order valence-electron chi connectivity index (χ3n) is 1.79. The van der Waals surface area contributed by atoms with E-state index in [1.807, 2.05) is 0 Å². The second kappa shape index (κ2) is 5.32. The van der Waals surface area contributed by atoms with E-state index in [1.54, 1.807) is 24.3 Å². The number of benzene rings is 1. The van der Waals surface area contributed by atoms with Crippen molar-refractivity contribution < 1.29 is 14.7 Å². The molecule has 0 aromatic heterocycles. The molecule has 0 bridgehead atoms. The standard InChI is InChI=1S/C11H10ClNO3/c1-7(6-10(14)15)11(16)13-9-4-2-8(12)3-5-9/h2-5H,1,6H2,(H,13,16)(H,14,15). The van der Waals surface area contributed by atoms with Crippen molar-refractivity contribution in [2.75, 3.05) is 5.32 Å². The first-order valence-corrected chi connectivity index (χ1v) is 4.83. The Kier molecular flexibility index (Phi) is 4.08. The Bertz CT molecular complexity index is 425. The van der Waals surface area contributed by atoms with E-state index in [2.05, 4.69) is 11.9 Å². The first kappa shape index (κ1) is 12.3. The van der Waals surface area contributed by atoms with Crippen LogP contribution in [0.15, 0.2) is 36.4 Å². The van der Waals surface area contributed by atoms with Crippen LogP contribution < -0.4 is 5.32 Å². The van der Waals surface area contributed by atoms with Gasteiger partial charge in [0.05, 0.1) is 6.42 Å². The van der Waals surface area contributed by atoms with Crippen molar-refractivity contribution in [1.82, 2.24) is 0 Å². The van der Waals surface area contributed by atoms with Crippen LogP contribution in [0.25, 0.3) is 0 Å². The molecule has 0 spiro atoms. The number of hydrogen-bond acceptors (Lipinski definition) is 2. The fourth-order valence-corrected chi connectivity index (χ4v) is 1.14. The number of hydrogen-bond donors (Lipinski definition) is 2. The zero-order valence-electron chi connectivity index (χ0n) is 8.37. The minimum Gasteiger partial charge on any atom is -0.481 e. The van der Waals surface area contributed by atoms with Gasteiger partial charge in [0.15, 0.2) is 0 Å². The van der Waals surface area contributed by atoms with Gasteiger partial charge in [-0.1, -0.05) is 18.2 Å². The summed E-state index contributed by atoms with van der Waals surface area (Å²) in [5.74, 6) is -1.60. The van der Waals surface area contributed by atoms with Gasteiger partial charge >= 0.3 is 5.97 Å². The highest BCUT2D eigenvalue weighted by Crippen LogP contribution is 2.14. The summed E-state index contributed by atoms with van der Waals surface area (Å²) >= 11 is 5.67. The van der Waals surface area contributed by atoms with Crippen LogP contribution in [0, 0.1) is 0 Å². The number of nitrogens with one attached hydrogen (secondary N) is 1. The van der Waals surface area contributed by atoms with Gasteiger partial charge in [0, 0.05) is 16.3 Å². The lowest BCUT2D eigenvalue weighted by Gasteiger charge is -2.05.